The van der Waals surface area contributed by atoms with Crippen LogP contribution in [0.25, 0.3) is 49.1 Å². The van der Waals surface area contributed by atoms with E-state index in [0.717, 1.165) is 59.7 Å². The predicted octanol–water partition coefficient (Wildman–Crippen LogP) is 7.59. The molecule has 0 aliphatic rings. The van der Waals surface area contributed by atoms with E-state index in [-0.39, 0.29) is 0 Å². The Balaban J connectivity index is 1.55. The van der Waals surface area contributed by atoms with E-state index >= 15 is 4.57 Å². The molecule has 0 N–H and O–H groups in total. The van der Waals surface area contributed by atoms with E-state index in [0.29, 0.717) is 0 Å². The summed E-state index contributed by atoms with van der Waals surface area (Å²) in [7, 11) is -3.12. The lowest BCUT2D eigenvalue weighted by atomic mass is 9.99. The van der Waals surface area contributed by atoms with Gasteiger partial charge >= 0.3 is 0 Å². The molecule has 2 aromatic heterocycles. The Morgan fingerprint density at radius 2 is 1.13 bits per heavy atom. The van der Waals surface area contributed by atoms with Crippen LogP contribution in [0.3, 0.4) is 0 Å². The lowest BCUT2D eigenvalue weighted by Gasteiger charge is -2.21. The summed E-state index contributed by atoms with van der Waals surface area (Å²) in [5, 5.41) is 8.04. The van der Waals surface area contributed by atoms with Crippen LogP contribution in [0.15, 0.2) is 140 Å². The SMILES string of the molecule is O=P(c1ccccc1)(c1ccccc1)c1ccc2ccc3c4ccccc4n4c5ccccc5nc4c3c2c1. The van der Waals surface area contributed by atoms with E-state index in [2.05, 4.69) is 71.1 Å². The molecule has 2 heterocycles. The smallest absolute Gasteiger partial charge is 0.171 e. The van der Waals surface area contributed by atoms with E-state index < -0.39 is 7.14 Å². The van der Waals surface area contributed by atoms with Gasteiger partial charge in [-0.15, -0.1) is 0 Å². The minimum absolute atomic E-state index is 0.822. The highest BCUT2D eigenvalue weighted by atomic mass is 31.2. The summed E-state index contributed by atoms with van der Waals surface area (Å²) in [6.07, 6.45) is 0. The predicted molar refractivity (Wildman–Crippen MR) is 165 cm³/mol. The van der Waals surface area contributed by atoms with Gasteiger partial charge in [0.1, 0.15) is 5.65 Å². The van der Waals surface area contributed by atoms with Gasteiger partial charge in [-0.1, -0.05) is 115 Å². The third-order valence-corrected chi connectivity index (χ3v) is 10.9. The van der Waals surface area contributed by atoms with Gasteiger partial charge in [0.25, 0.3) is 0 Å². The van der Waals surface area contributed by atoms with Crippen LogP contribution in [0.1, 0.15) is 0 Å². The maximum atomic E-state index is 15.2. The fourth-order valence-corrected chi connectivity index (χ4v) is 8.70. The Labute approximate surface area is 225 Å². The number of para-hydroxylation sites is 3. The van der Waals surface area contributed by atoms with Gasteiger partial charge in [-0.25, -0.2) is 4.98 Å². The van der Waals surface area contributed by atoms with Gasteiger partial charge in [0, 0.05) is 26.7 Å². The Hall–Kier alpha value is -4.72. The summed E-state index contributed by atoms with van der Waals surface area (Å²) in [5.74, 6) is 0. The van der Waals surface area contributed by atoms with Gasteiger partial charge in [-0.05, 0) is 40.4 Å². The van der Waals surface area contributed by atoms with Crippen molar-refractivity contribution in [3.63, 3.8) is 0 Å². The monoisotopic (exact) mass is 518 g/mol. The molecule has 0 unspecified atom stereocenters. The first-order valence-corrected chi connectivity index (χ1v) is 14.8. The van der Waals surface area contributed by atoms with Gasteiger partial charge in [0.05, 0.1) is 16.6 Å². The molecule has 0 spiro atoms. The quantitative estimate of drug-likeness (QED) is 0.178. The van der Waals surface area contributed by atoms with Crippen LogP contribution in [-0.2, 0) is 4.57 Å². The van der Waals surface area contributed by atoms with Crippen LogP contribution in [-0.4, -0.2) is 9.38 Å². The topological polar surface area (TPSA) is 34.4 Å². The standard InChI is InChI=1S/C35H23N2OP/c38-39(25-11-3-1-4-12-25,26-13-5-2-6-14-26)27-21-19-24-20-22-29-28-15-7-9-17-32(28)37-33-18-10-8-16-31(33)36-35(37)34(29)30(24)23-27/h1-23H. The molecular weight excluding hydrogens is 495 g/mol. The summed E-state index contributed by atoms with van der Waals surface area (Å²) in [6, 6.07) is 47.2. The average molecular weight is 519 g/mol. The third-order valence-electron chi connectivity index (χ3n) is 7.83. The van der Waals surface area contributed by atoms with Crippen LogP contribution in [0.5, 0.6) is 0 Å². The number of hydrogen-bond donors (Lipinski definition) is 0. The van der Waals surface area contributed by atoms with Crippen LogP contribution in [0.4, 0.5) is 0 Å². The number of nitrogens with zero attached hydrogens (tertiary/aromatic N) is 2. The Morgan fingerprint density at radius 3 is 1.87 bits per heavy atom. The summed E-state index contributed by atoms with van der Waals surface area (Å²) >= 11 is 0. The molecule has 184 valence electrons. The Kier molecular flexibility index (Phi) is 4.79. The minimum atomic E-state index is -3.12. The van der Waals surface area contributed by atoms with E-state index in [1.54, 1.807) is 0 Å². The number of imidazole rings is 1. The lowest BCUT2D eigenvalue weighted by Crippen LogP contribution is -2.24. The molecule has 0 amide bonds. The van der Waals surface area contributed by atoms with E-state index in [1.165, 1.54) is 5.39 Å². The fraction of sp³-hybridized carbons (Fsp3) is 0. The molecule has 0 saturated heterocycles. The first-order chi connectivity index (χ1) is 19.2. The normalized spacial score (nSPS) is 12.2. The molecule has 8 rings (SSSR count). The van der Waals surface area contributed by atoms with Gasteiger partial charge in [-0.2, -0.15) is 0 Å². The average Bonchev–Trinajstić information content (AvgIpc) is 3.41. The van der Waals surface area contributed by atoms with Crippen LogP contribution in [0.2, 0.25) is 0 Å². The van der Waals surface area contributed by atoms with Gasteiger partial charge in [-0.3, -0.25) is 4.40 Å². The molecule has 0 fully saturated rings. The molecule has 6 aromatic carbocycles. The first-order valence-electron chi connectivity index (χ1n) is 13.1. The third kappa shape index (κ3) is 3.17. The second kappa shape index (κ2) is 8.39. The van der Waals surface area contributed by atoms with E-state index in [9.17, 15) is 0 Å². The first kappa shape index (κ1) is 22.3. The van der Waals surface area contributed by atoms with Crippen LogP contribution in [0, 0.1) is 0 Å². The highest BCUT2D eigenvalue weighted by molar-refractivity contribution is 7.85. The van der Waals surface area contributed by atoms with Crippen molar-refractivity contribution >= 4 is 72.2 Å². The number of aromatic nitrogens is 2. The molecule has 0 aliphatic heterocycles. The number of benzene rings is 6. The van der Waals surface area contributed by atoms with Crippen molar-refractivity contribution in [2.45, 2.75) is 0 Å². The Bertz CT molecular complexity index is 2210. The number of fused-ring (bicyclic) bond motifs is 10. The van der Waals surface area contributed by atoms with Crippen molar-refractivity contribution in [2.24, 2.45) is 0 Å². The van der Waals surface area contributed by atoms with Crippen molar-refractivity contribution in [1.82, 2.24) is 9.38 Å². The molecule has 0 aliphatic carbocycles. The minimum Gasteiger partial charge on any atom is -0.309 e. The highest BCUT2D eigenvalue weighted by Crippen LogP contribution is 2.44. The maximum Gasteiger partial charge on any atom is 0.171 e. The van der Waals surface area contributed by atoms with E-state index in [1.807, 2.05) is 72.8 Å². The molecule has 4 heteroatoms. The summed E-state index contributed by atoms with van der Waals surface area (Å²) in [5.41, 5.74) is 4.09. The molecule has 3 nitrogen and oxygen atoms in total. The Morgan fingerprint density at radius 1 is 0.513 bits per heavy atom. The zero-order valence-electron chi connectivity index (χ0n) is 21.0. The summed E-state index contributed by atoms with van der Waals surface area (Å²) in [6.45, 7) is 0. The molecule has 0 atom stereocenters. The molecule has 8 aromatic rings. The molecule has 39 heavy (non-hydrogen) atoms. The van der Waals surface area contributed by atoms with Crippen molar-refractivity contribution in [2.75, 3.05) is 0 Å². The van der Waals surface area contributed by atoms with E-state index in [4.69, 9.17) is 4.98 Å². The molecule has 0 bridgehead atoms. The van der Waals surface area contributed by atoms with Crippen molar-refractivity contribution < 1.29 is 4.57 Å². The second-order valence-corrected chi connectivity index (χ2v) is 12.7. The zero-order chi connectivity index (χ0) is 26.0. The largest absolute Gasteiger partial charge is 0.309 e. The van der Waals surface area contributed by atoms with Crippen molar-refractivity contribution in [3.05, 3.63) is 140 Å². The lowest BCUT2D eigenvalue weighted by molar-refractivity contribution is 0.592. The highest BCUT2D eigenvalue weighted by Gasteiger charge is 2.30. The molecule has 0 radical (unpaired) electrons. The summed E-state index contributed by atoms with van der Waals surface area (Å²) < 4.78 is 17.5. The maximum absolute atomic E-state index is 15.2. The van der Waals surface area contributed by atoms with Crippen LogP contribution < -0.4 is 15.9 Å². The van der Waals surface area contributed by atoms with Crippen LogP contribution >= 0.6 is 7.14 Å². The van der Waals surface area contributed by atoms with Gasteiger partial charge < -0.3 is 4.57 Å². The van der Waals surface area contributed by atoms with Gasteiger partial charge in [0.15, 0.2) is 7.14 Å². The molecule has 0 saturated carbocycles. The van der Waals surface area contributed by atoms with Crippen molar-refractivity contribution in [3.8, 4) is 0 Å². The van der Waals surface area contributed by atoms with Gasteiger partial charge in [0.2, 0.25) is 0 Å². The zero-order valence-corrected chi connectivity index (χ0v) is 21.9. The number of pyridine rings is 1. The number of hydrogen-bond acceptors (Lipinski definition) is 2. The fourth-order valence-electron chi connectivity index (χ4n) is 6.03. The second-order valence-electron chi connectivity index (χ2n) is 9.95. The molecular formula is C35H23N2OP. The summed E-state index contributed by atoms with van der Waals surface area (Å²) in [4.78, 5) is 5.15. The number of rotatable bonds is 3. The van der Waals surface area contributed by atoms with Crippen molar-refractivity contribution in [1.29, 1.82) is 0 Å².